The summed E-state index contributed by atoms with van der Waals surface area (Å²) < 4.78 is 40.4. The van der Waals surface area contributed by atoms with Crippen LogP contribution >= 0.6 is 0 Å². The number of halogens is 3. The molecule has 0 saturated carbocycles. The van der Waals surface area contributed by atoms with Crippen molar-refractivity contribution in [2.75, 3.05) is 5.32 Å². The highest BCUT2D eigenvalue weighted by Gasteiger charge is 2.21. The molecule has 0 heterocycles. The summed E-state index contributed by atoms with van der Waals surface area (Å²) in [5.41, 5.74) is -0.224. The van der Waals surface area contributed by atoms with E-state index in [-0.39, 0.29) is 12.1 Å². The minimum Gasteiger partial charge on any atom is -0.373 e. The van der Waals surface area contributed by atoms with Crippen LogP contribution in [0.25, 0.3) is 0 Å². The largest absolute Gasteiger partial charge is 0.373 e. The number of anilines is 1. The number of aryl methyl sites for hydroxylation is 1. The standard InChI is InChI=1S/C14H11F3N2O2/c1-8-2-3-10(15)9(6-8)7-18-14-12(19(20)21)5-4-11(16)13(14)17/h2-6,18H,7H2,1H3. The van der Waals surface area contributed by atoms with Crippen molar-refractivity contribution in [2.45, 2.75) is 13.5 Å². The zero-order chi connectivity index (χ0) is 15.6. The zero-order valence-corrected chi connectivity index (χ0v) is 11.0. The highest BCUT2D eigenvalue weighted by atomic mass is 19.2. The molecular formula is C14H11F3N2O2. The van der Waals surface area contributed by atoms with E-state index in [9.17, 15) is 23.3 Å². The fourth-order valence-corrected chi connectivity index (χ4v) is 1.88. The van der Waals surface area contributed by atoms with Crippen LogP contribution in [0.2, 0.25) is 0 Å². The Balaban J connectivity index is 2.33. The predicted octanol–water partition coefficient (Wildman–Crippen LogP) is 3.93. The van der Waals surface area contributed by atoms with E-state index in [1.165, 1.54) is 12.1 Å². The molecule has 1 N–H and O–H groups in total. The summed E-state index contributed by atoms with van der Waals surface area (Å²) in [5, 5.41) is 13.2. The Morgan fingerprint density at radius 1 is 1.14 bits per heavy atom. The highest BCUT2D eigenvalue weighted by Crippen LogP contribution is 2.29. The second-order valence-corrected chi connectivity index (χ2v) is 4.46. The number of benzene rings is 2. The van der Waals surface area contributed by atoms with E-state index in [4.69, 9.17) is 0 Å². The molecule has 4 nitrogen and oxygen atoms in total. The number of nitrogens with zero attached hydrogens (tertiary/aromatic N) is 1. The molecule has 0 amide bonds. The fourth-order valence-electron chi connectivity index (χ4n) is 1.88. The van der Waals surface area contributed by atoms with Crippen molar-refractivity contribution in [1.82, 2.24) is 0 Å². The maximum Gasteiger partial charge on any atom is 0.295 e. The van der Waals surface area contributed by atoms with Crippen molar-refractivity contribution < 1.29 is 18.1 Å². The second-order valence-electron chi connectivity index (χ2n) is 4.46. The van der Waals surface area contributed by atoms with Gasteiger partial charge in [0.25, 0.3) is 5.69 Å². The van der Waals surface area contributed by atoms with Gasteiger partial charge in [0.05, 0.1) is 4.92 Å². The molecule has 0 aromatic heterocycles. The number of nitrogens with one attached hydrogen (secondary N) is 1. The van der Waals surface area contributed by atoms with Gasteiger partial charge in [-0.25, -0.2) is 13.2 Å². The van der Waals surface area contributed by atoms with E-state index in [1.54, 1.807) is 13.0 Å². The Hall–Kier alpha value is -2.57. The Morgan fingerprint density at radius 2 is 1.81 bits per heavy atom. The zero-order valence-electron chi connectivity index (χ0n) is 11.0. The van der Waals surface area contributed by atoms with Crippen LogP contribution in [0.5, 0.6) is 0 Å². The SMILES string of the molecule is Cc1ccc(F)c(CNc2c([N+](=O)[O-])ccc(F)c2F)c1. The molecule has 7 heteroatoms. The van der Waals surface area contributed by atoms with Crippen LogP contribution in [0.3, 0.4) is 0 Å². The maximum atomic E-state index is 13.7. The first-order chi connectivity index (χ1) is 9.90. The van der Waals surface area contributed by atoms with Gasteiger partial charge in [-0.15, -0.1) is 0 Å². The summed E-state index contributed by atoms with van der Waals surface area (Å²) in [6, 6.07) is 5.84. The molecule has 0 aliphatic heterocycles. The van der Waals surface area contributed by atoms with Gasteiger partial charge in [-0.3, -0.25) is 10.1 Å². The van der Waals surface area contributed by atoms with Crippen LogP contribution in [-0.2, 0) is 6.54 Å². The second kappa shape index (κ2) is 5.82. The number of hydrogen-bond donors (Lipinski definition) is 1. The minimum atomic E-state index is -1.36. The molecule has 0 bridgehead atoms. The molecule has 2 aromatic rings. The lowest BCUT2D eigenvalue weighted by Gasteiger charge is -2.10. The van der Waals surface area contributed by atoms with Crippen LogP contribution < -0.4 is 5.32 Å². The van der Waals surface area contributed by atoms with Gasteiger partial charge < -0.3 is 5.32 Å². The smallest absolute Gasteiger partial charge is 0.295 e. The quantitative estimate of drug-likeness (QED) is 0.687. The molecule has 110 valence electrons. The number of nitro groups is 1. The Kier molecular flexibility index (Phi) is 4.11. The van der Waals surface area contributed by atoms with Gasteiger partial charge in [0.15, 0.2) is 17.3 Å². The summed E-state index contributed by atoms with van der Waals surface area (Å²) in [6.07, 6.45) is 0. The molecule has 0 saturated heterocycles. The lowest BCUT2D eigenvalue weighted by Crippen LogP contribution is -2.07. The van der Waals surface area contributed by atoms with E-state index in [0.29, 0.717) is 6.07 Å². The fraction of sp³-hybridized carbons (Fsp3) is 0.143. The summed E-state index contributed by atoms with van der Waals surface area (Å²) >= 11 is 0. The summed E-state index contributed by atoms with van der Waals surface area (Å²) in [4.78, 5) is 9.98. The van der Waals surface area contributed by atoms with E-state index in [0.717, 1.165) is 11.6 Å². The van der Waals surface area contributed by atoms with Crippen molar-refractivity contribution in [2.24, 2.45) is 0 Å². The molecule has 0 radical (unpaired) electrons. The topological polar surface area (TPSA) is 55.2 Å². The Morgan fingerprint density at radius 3 is 2.48 bits per heavy atom. The summed E-state index contributed by atoms with van der Waals surface area (Å²) in [6.45, 7) is 1.54. The van der Waals surface area contributed by atoms with Gasteiger partial charge in [0.2, 0.25) is 0 Å². The molecule has 2 aromatic carbocycles. The number of hydrogen-bond acceptors (Lipinski definition) is 3. The van der Waals surface area contributed by atoms with Gasteiger partial charge in [-0.1, -0.05) is 17.7 Å². The van der Waals surface area contributed by atoms with Gasteiger partial charge in [-0.05, 0) is 19.1 Å². The van der Waals surface area contributed by atoms with E-state index in [2.05, 4.69) is 5.32 Å². The molecule has 2 rings (SSSR count). The average Bonchev–Trinajstić information content (AvgIpc) is 2.43. The molecule has 0 fully saturated rings. The summed E-state index contributed by atoms with van der Waals surface area (Å²) in [5.74, 6) is -3.11. The first kappa shape index (κ1) is 14.8. The summed E-state index contributed by atoms with van der Waals surface area (Å²) in [7, 11) is 0. The van der Waals surface area contributed by atoms with Crippen molar-refractivity contribution in [3.63, 3.8) is 0 Å². The Bertz CT molecular complexity index is 705. The Labute approximate surface area is 118 Å². The van der Waals surface area contributed by atoms with Crippen LogP contribution in [0.15, 0.2) is 30.3 Å². The monoisotopic (exact) mass is 296 g/mol. The van der Waals surface area contributed by atoms with Crippen molar-refractivity contribution in [3.8, 4) is 0 Å². The van der Waals surface area contributed by atoms with Gasteiger partial charge in [0, 0.05) is 18.2 Å². The first-order valence-corrected chi connectivity index (χ1v) is 6.01. The number of nitro benzene ring substituents is 1. The third-order valence-electron chi connectivity index (χ3n) is 2.93. The molecular weight excluding hydrogens is 285 g/mol. The van der Waals surface area contributed by atoms with Crippen LogP contribution in [0, 0.1) is 34.5 Å². The highest BCUT2D eigenvalue weighted by molar-refractivity contribution is 5.62. The lowest BCUT2D eigenvalue weighted by atomic mass is 10.1. The molecule has 0 unspecified atom stereocenters. The average molecular weight is 296 g/mol. The number of rotatable bonds is 4. The molecule has 21 heavy (non-hydrogen) atoms. The van der Waals surface area contributed by atoms with E-state index >= 15 is 0 Å². The molecule has 0 aliphatic rings. The van der Waals surface area contributed by atoms with Crippen LogP contribution in [0.4, 0.5) is 24.5 Å². The third kappa shape index (κ3) is 3.13. The van der Waals surface area contributed by atoms with Crippen molar-refractivity contribution in [1.29, 1.82) is 0 Å². The van der Waals surface area contributed by atoms with E-state index < -0.39 is 33.7 Å². The van der Waals surface area contributed by atoms with Gasteiger partial charge in [0.1, 0.15) is 5.82 Å². The van der Waals surface area contributed by atoms with Gasteiger partial charge >= 0.3 is 0 Å². The predicted molar refractivity (Wildman–Crippen MR) is 71.5 cm³/mol. The van der Waals surface area contributed by atoms with E-state index in [1.807, 2.05) is 0 Å². The third-order valence-corrected chi connectivity index (χ3v) is 2.93. The lowest BCUT2D eigenvalue weighted by molar-refractivity contribution is -0.384. The normalized spacial score (nSPS) is 10.5. The maximum absolute atomic E-state index is 13.7. The molecule has 0 spiro atoms. The first-order valence-electron chi connectivity index (χ1n) is 6.01. The van der Waals surface area contributed by atoms with Crippen molar-refractivity contribution >= 4 is 11.4 Å². The van der Waals surface area contributed by atoms with Crippen LogP contribution in [0.1, 0.15) is 11.1 Å². The van der Waals surface area contributed by atoms with Gasteiger partial charge in [-0.2, -0.15) is 0 Å². The van der Waals surface area contributed by atoms with Crippen molar-refractivity contribution in [3.05, 3.63) is 69.0 Å². The van der Waals surface area contributed by atoms with Crippen LogP contribution in [-0.4, -0.2) is 4.92 Å². The molecule has 0 atom stereocenters. The minimum absolute atomic E-state index is 0.200. The molecule has 0 aliphatic carbocycles.